The van der Waals surface area contributed by atoms with Crippen LogP contribution in [0.4, 0.5) is 5.69 Å². The van der Waals surface area contributed by atoms with Gasteiger partial charge in [-0.05, 0) is 13.0 Å². The highest BCUT2D eigenvalue weighted by atomic mass is 32.2. The van der Waals surface area contributed by atoms with Crippen LogP contribution in [-0.2, 0) is 16.6 Å². The Labute approximate surface area is 125 Å². The van der Waals surface area contributed by atoms with Crippen molar-refractivity contribution in [3.63, 3.8) is 0 Å². The summed E-state index contributed by atoms with van der Waals surface area (Å²) in [5.41, 5.74) is -0.168. The van der Waals surface area contributed by atoms with E-state index in [0.29, 0.717) is 11.4 Å². The third-order valence-corrected chi connectivity index (χ3v) is 6.28. The van der Waals surface area contributed by atoms with Crippen LogP contribution in [0.1, 0.15) is 4.88 Å². The van der Waals surface area contributed by atoms with Crippen LogP contribution >= 0.6 is 11.3 Å². The van der Waals surface area contributed by atoms with Crippen LogP contribution in [-0.4, -0.2) is 41.0 Å². The summed E-state index contributed by atoms with van der Waals surface area (Å²) in [6.45, 7) is 2.18. The SMILES string of the molecule is Cc1sc(S(=O)(=O)N(C)CCn2cccn2)cc1[N+](=O)[O-]. The molecule has 0 aliphatic rings. The largest absolute Gasteiger partial charge is 0.284 e. The van der Waals surface area contributed by atoms with Crippen molar-refractivity contribution in [2.45, 2.75) is 17.7 Å². The highest BCUT2D eigenvalue weighted by molar-refractivity contribution is 7.91. The smallest absolute Gasteiger partial charge is 0.271 e. The van der Waals surface area contributed by atoms with Crippen molar-refractivity contribution in [1.82, 2.24) is 14.1 Å². The molecule has 8 nitrogen and oxygen atoms in total. The quantitative estimate of drug-likeness (QED) is 0.590. The fourth-order valence-corrected chi connectivity index (χ4v) is 4.48. The van der Waals surface area contributed by atoms with E-state index >= 15 is 0 Å². The molecule has 0 bridgehead atoms. The van der Waals surface area contributed by atoms with Crippen LogP contribution in [0.25, 0.3) is 0 Å². The van der Waals surface area contributed by atoms with Gasteiger partial charge in [0.25, 0.3) is 15.7 Å². The molecule has 0 aromatic carbocycles. The molecule has 0 unspecified atom stereocenters. The monoisotopic (exact) mass is 330 g/mol. The van der Waals surface area contributed by atoms with Crippen molar-refractivity contribution < 1.29 is 13.3 Å². The molecule has 21 heavy (non-hydrogen) atoms. The summed E-state index contributed by atoms with van der Waals surface area (Å²) in [5.74, 6) is 0. The Morgan fingerprint density at radius 2 is 2.24 bits per heavy atom. The van der Waals surface area contributed by atoms with E-state index in [4.69, 9.17) is 0 Å². The van der Waals surface area contributed by atoms with Crippen LogP contribution in [0, 0.1) is 17.0 Å². The third kappa shape index (κ3) is 3.28. The van der Waals surface area contributed by atoms with Gasteiger partial charge >= 0.3 is 0 Å². The molecule has 0 saturated carbocycles. The first-order chi connectivity index (χ1) is 9.82. The Morgan fingerprint density at radius 1 is 1.52 bits per heavy atom. The predicted octanol–water partition coefficient (Wildman–Crippen LogP) is 1.48. The van der Waals surface area contributed by atoms with E-state index < -0.39 is 14.9 Å². The van der Waals surface area contributed by atoms with Crippen LogP contribution in [0.2, 0.25) is 0 Å². The second-order valence-electron chi connectivity index (χ2n) is 4.36. The standard InChI is InChI=1S/C11H14N4O4S2/c1-9-10(15(16)17)8-11(20-9)21(18,19)13(2)6-7-14-5-3-4-12-14/h3-5,8H,6-7H2,1-2H3. The fourth-order valence-electron chi connectivity index (χ4n) is 1.70. The van der Waals surface area contributed by atoms with E-state index in [9.17, 15) is 18.5 Å². The van der Waals surface area contributed by atoms with Crippen LogP contribution in [0.5, 0.6) is 0 Å². The minimum Gasteiger partial charge on any atom is -0.271 e. The third-order valence-electron chi connectivity index (χ3n) is 2.93. The molecule has 0 amide bonds. The predicted molar refractivity (Wildman–Crippen MR) is 77.8 cm³/mol. The maximum absolute atomic E-state index is 12.4. The van der Waals surface area contributed by atoms with Crippen molar-refractivity contribution in [3.8, 4) is 0 Å². The molecule has 2 aromatic rings. The number of hydrogen-bond acceptors (Lipinski definition) is 6. The lowest BCUT2D eigenvalue weighted by Gasteiger charge is -2.15. The van der Waals surface area contributed by atoms with Gasteiger partial charge in [0, 0.05) is 32.1 Å². The Morgan fingerprint density at radius 3 is 2.76 bits per heavy atom. The van der Waals surface area contributed by atoms with Crippen molar-refractivity contribution in [2.24, 2.45) is 0 Å². The maximum atomic E-state index is 12.4. The second kappa shape index (κ2) is 5.92. The zero-order chi connectivity index (χ0) is 15.6. The van der Waals surface area contributed by atoms with Crippen LogP contribution in [0.15, 0.2) is 28.7 Å². The van der Waals surface area contributed by atoms with Gasteiger partial charge in [-0.1, -0.05) is 0 Å². The molecule has 0 N–H and O–H groups in total. The summed E-state index contributed by atoms with van der Waals surface area (Å²) in [5, 5.41) is 14.8. The van der Waals surface area contributed by atoms with Crippen molar-refractivity contribution in [2.75, 3.05) is 13.6 Å². The number of likely N-dealkylation sites (N-methyl/N-ethyl adjacent to an activating group) is 1. The Kier molecular flexibility index (Phi) is 4.40. The average Bonchev–Trinajstić information content (AvgIpc) is 3.04. The van der Waals surface area contributed by atoms with Gasteiger partial charge in [0.2, 0.25) is 0 Å². The minimum absolute atomic E-state index is 0.0188. The number of hydrogen-bond donors (Lipinski definition) is 0. The van der Waals surface area contributed by atoms with Gasteiger partial charge in [0.15, 0.2) is 0 Å². The number of sulfonamides is 1. The number of nitro groups is 1. The lowest BCUT2D eigenvalue weighted by molar-refractivity contribution is -0.385. The molecule has 2 heterocycles. The first-order valence-electron chi connectivity index (χ1n) is 6.01. The van der Waals surface area contributed by atoms with E-state index in [1.807, 2.05) is 0 Å². The number of aromatic nitrogens is 2. The molecule has 2 aromatic heterocycles. The van der Waals surface area contributed by atoms with Gasteiger partial charge in [-0.25, -0.2) is 8.42 Å². The Bertz CT molecular complexity index is 736. The molecule has 0 fully saturated rings. The lowest BCUT2D eigenvalue weighted by Crippen LogP contribution is -2.29. The van der Waals surface area contributed by atoms with Crippen molar-refractivity contribution >= 4 is 27.0 Å². The molecular weight excluding hydrogens is 316 g/mol. The van der Waals surface area contributed by atoms with E-state index in [1.165, 1.54) is 18.3 Å². The van der Waals surface area contributed by atoms with Crippen LogP contribution in [0.3, 0.4) is 0 Å². The zero-order valence-corrected chi connectivity index (χ0v) is 13.1. The van der Waals surface area contributed by atoms with E-state index in [-0.39, 0.29) is 16.4 Å². The number of aryl methyl sites for hydroxylation is 1. The summed E-state index contributed by atoms with van der Waals surface area (Å²) in [7, 11) is -2.28. The number of rotatable bonds is 6. The van der Waals surface area contributed by atoms with Gasteiger partial charge in [-0.2, -0.15) is 9.40 Å². The maximum Gasteiger partial charge on any atom is 0.284 e. The first kappa shape index (κ1) is 15.6. The Hall–Kier alpha value is -1.78. The summed E-state index contributed by atoms with van der Waals surface area (Å²) >= 11 is 0.908. The highest BCUT2D eigenvalue weighted by Gasteiger charge is 2.27. The molecular formula is C11H14N4O4S2. The summed E-state index contributed by atoms with van der Waals surface area (Å²) in [6, 6.07) is 2.86. The highest BCUT2D eigenvalue weighted by Crippen LogP contribution is 2.32. The number of thiophene rings is 1. The first-order valence-corrected chi connectivity index (χ1v) is 8.26. The van der Waals surface area contributed by atoms with Gasteiger partial charge in [-0.15, -0.1) is 11.3 Å². The Balaban J connectivity index is 2.16. The zero-order valence-electron chi connectivity index (χ0n) is 11.5. The lowest BCUT2D eigenvalue weighted by atomic mass is 10.4. The topological polar surface area (TPSA) is 98.3 Å². The fraction of sp³-hybridized carbons (Fsp3) is 0.364. The molecule has 114 valence electrons. The summed E-state index contributed by atoms with van der Waals surface area (Å²) in [4.78, 5) is 10.6. The average molecular weight is 330 g/mol. The molecule has 0 atom stereocenters. The molecule has 10 heteroatoms. The molecule has 0 spiro atoms. The number of nitrogens with zero attached hydrogens (tertiary/aromatic N) is 4. The van der Waals surface area contributed by atoms with E-state index in [0.717, 1.165) is 17.4 Å². The van der Waals surface area contributed by atoms with E-state index in [2.05, 4.69) is 5.10 Å². The van der Waals surface area contributed by atoms with Crippen molar-refractivity contribution in [1.29, 1.82) is 0 Å². The van der Waals surface area contributed by atoms with Gasteiger partial charge in [0.05, 0.1) is 16.3 Å². The van der Waals surface area contributed by atoms with E-state index in [1.54, 1.807) is 23.1 Å². The van der Waals surface area contributed by atoms with Gasteiger partial charge in [-0.3, -0.25) is 14.8 Å². The molecule has 0 aliphatic heterocycles. The summed E-state index contributed by atoms with van der Waals surface area (Å²) < 4.78 is 27.5. The van der Waals surface area contributed by atoms with Gasteiger partial charge in [0.1, 0.15) is 4.21 Å². The minimum atomic E-state index is -3.72. The molecule has 0 radical (unpaired) electrons. The van der Waals surface area contributed by atoms with Crippen molar-refractivity contribution in [3.05, 3.63) is 39.5 Å². The summed E-state index contributed by atoms with van der Waals surface area (Å²) in [6.07, 6.45) is 3.35. The molecule has 0 aliphatic carbocycles. The van der Waals surface area contributed by atoms with Crippen LogP contribution < -0.4 is 0 Å². The molecule has 0 saturated heterocycles. The normalized spacial score (nSPS) is 12.0. The van der Waals surface area contributed by atoms with Gasteiger partial charge < -0.3 is 0 Å². The molecule has 2 rings (SSSR count). The second-order valence-corrected chi connectivity index (χ2v) is 7.89.